The molecular weight excluding hydrogens is 248 g/mol. The van der Waals surface area contributed by atoms with Crippen LogP contribution < -0.4 is 10.3 Å². The predicted octanol–water partition coefficient (Wildman–Crippen LogP) is 1.69. The lowest BCUT2D eigenvalue weighted by Crippen LogP contribution is -2.04. The van der Waals surface area contributed by atoms with Gasteiger partial charge in [-0.15, -0.1) is 0 Å². The van der Waals surface area contributed by atoms with Crippen LogP contribution in [0.1, 0.15) is 0 Å². The predicted molar refractivity (Wildman–Crippen MR) is 56.6 cm³/mol. The first-order valence-electron chi connectivity index (χ1n) is 3.93. The van der Waals surface area contributed by atoms with Crippen LogP contribution in [0.5, 0.6) is 5.75 Å². The van der Waals surface area contributed by atoms with Crippen molar-refractivity contribution in [2.24, 2.45) is 0 Å². The summed E-state index contributed by atoms with van der Waals surface area (Å²) in [5.74, 6) is 0.692. The van der Waals surface area contributed by atoms with Gasteiger partial charge in [-0.1, -0.05) is 0 Å². The molecule has 4 nitrogen and oxygen atoms in total. The lowest BCUT2D eigenvalue weighted by Gasteiger charge is -2.03. The number of fused-ring (bicyclic) bond motifs is 1. The van der Waals surface area contributed by atoms with E-state index in [9.17, 15) is 4.79 Å². The lowest BCUT2D eigenvalue weighted by atomic mass is 10.3. The van der Waals surface area contributed by atoms with E-state index in [1.807, 2.05) is 0 Å². The maximum atomic E-state index is 11.0. The Hall–Kier alpha value is -1.36. The van der Waals surface area contributed by atoms with Gasteiger partial charge in [0.15, 0.2) is 0 Å². The summed E-state index contributed by atoms with van der Waals surface area (Å²) < 4.78 is 5.89. The molecule has 0 saturated carbocycles. The summed E-state index contributed by atoms with van der Waals surface area (Å²) in [5, 5.41) is 0. The molecule has 0 unspecified atom stereocenters. The largest absolute Gasteiger partial charge is 0.495 e. The van der Waals surface area contributed by atoms with Crippen molar-refractivity contribution in [2.45, 2.75) is 0 Å². The molecule has 1 aromatic heterocycles. The van der Waals surface area contributed by atoms with Gasteiger partial charge >= 0.3 is 0 Å². The van der Waals surface area contributed by atoms with E-state index in [1.165, 1.54) is 6.20 Å². The Bertz CT molecular complexity index is 536. The molecule has 1 heterocycles. The van der Waals surface area contributed by atoms with Crippen molar-refractivity contribution in [2.75, 3.05) is 7.11 Å². The number of hydrogen-bond donors (Lipinski definition) is 1. The third-order valence-electron chi connectivity index (χ3n) is 1.85. The molecule has 0 spiro atoms. The zero-order valence-electron chi connectivity index (χ0n) is 7.37. The van der Waals surface area contributed by atoms with Crippen molar-refractivity contribution in [1.82, 2.24) is 9.97 Å². The summed E-state index contributed by atoms with van der Waals surface area (Å²) in [6.45, 7) is 0. The third kappa shape index (κ3) is 1.50. The Labute approximate surface area is 88.1 Å². The Morgan fingerprint density at radius 3 is 3.00 bits per heavy atom. The fraction of sp³-hybridized carbons (Fsp3) is 0.111. The van der Waals surface area contributed by atoms with Crippen LogP contribution in [-0.4, -0.2) is 17.1 Å². The minimum atomic E-state index is -0.213. The Morgan fingerprint density at radius 1 is 1.50 bits per heavy atom. The molecule has 0 bridgehead atoms. The van der Waals surface area contributed by atoms with Crippen molar-refractivity contribution in [3.63, 3.8) is 0 Å². The van der Waals surface area contributed by atoms with Gasteiger partial charge < -0.3 is 9.72 Å². The number of H-pyrrole nitrogens is 1. The maximum absolute atomic E-state index is 11.0. The average molecular weight is 255 g/mol. The molecule has 0 aliphatic carbocycles. The van der Waals surface area contributed by atoms with Crippen LogP contribution in [0, 0.1) is 0 Å². The van der Waals surface area contributed by atoms with Gasteiger partial charge in [-0.2, -0.15) is 0 Å². The maximum Gasteiger partial charge on any atom is 0.266 e. The molecule has 0 amide bonds. The first-order chi connectivity index (χ1) is 6.70. The third-order valence-corrected chi connectivity index (χ3v) is 2.47. The van der Waals surface area contributed by atoms with Crippen LogP contribution in [0.25, 0.3) is 11.0 Å². The summed E-state index contributed by atoms with van der Waals surface area (Å²) in [7, 11) is 1.58. The number of methoxy groups -OCH3 is 1. The highest BCUT2D eigenvalue weighted by Gasteiger charge is 2.03. The summed E-state index contributed by atoms with van der Waals surface area (Å²) in [6, 6.07) is 3.53. The van der Waals surface area contributed by atoms with Crippen LogP contribution in [0.2, 0.25) is 0 Å². The minimum Gasteiger partial charge on any atom is -0.495 e. The SMILES string of the molecule is COc1cc2ncc(=O)[nH]c2cc1Br. The van der Waals surface area contributed by atoms with Gasteiger partial charge in [0.05, 0.1) is 28.8 Å². The van der Waals surface area contributed by atoms with E-state index in [4.69, 9.17) is 4.74 Å². The van der Waals surface area contributed by atoms with E-state index in [0.717, 1.165) is 4.47 Å². The lowest BCUT2D eigenvalue weighted by molar-refractivity contribution is 0.412. The van der Waals surface area contributed by atoms with E-state index in [2.05, 4.69) is 25.9 Å². The molecule has 14 heavy (non-hydrogen) atoms. The van der Waals surface area contributed by atoms with Gasteiger partial charge in [-0.05, 0) is 22.0 Å². The fourth-order valence-corrected chi connectivity index (χ4v) is 1.70. The second-order valence-corrected chi connectivity index (χ2v) is 3.61. The highest BCUT2D eigenvalue weighted by Crippen LogP contribution is 2.27. The quantitative estimate of drug-likeness (QED) is 0.843. The van der Waals surface area contributed by atoms with E-state index in [0.29, 0.717) is 16.8 Å². The van der Waals surface area contributed by atoms with Gasteiger partial charge in [-0.25, -0.2) is 4.98 Å². The zero-order valence-corrected chi connectivity index (χ0v) is 8.96. The second-order valence-electron chi connectivity index (χ2n) is 2.75. The Balaban J connectivity index is 2.79. The number of nitrogens with zero attached hydrogens (tertiary/aromatic N) is 1. The summed E-state index contributed by atoms with van der Waals surface area (Å²) in [5.41, 5.74) is 1.17. The highest BCUT2D eigenvalue weighted by atomic mass is 79.9. The van der Waals surface area contributed by atoms with Crippen LogP contribution in [-0.2, 0) is 0 Å². The first-order valence-corrected chi connectivity index (χ1v) is 4.72. The number of benzene rings is 1. The summed E-state index contributed by atoms with van der Waals surface area (Å²) >= 11 is 3.33. The van der Waals surface area contributed by atoms with Crippen LogP contribution in [0.4, 0.5) is 0 Å². The van der Waals surface area contributed by atoms with E-state index in [1.54, 1.807) is 19.2 Å². The normalized spacial score (nSPS) is 10.4. The van der Waals surface area contributed by atoms with Gasteiger partial charge in [0.1, 0.15) is 5.75 Å². The van der Waals surface area contributed by atoms with E-state index in [-0.39, 0.29) is 5.56 Å². The summed E-state index contributed by atoms with van der Waals surface area (Å²) in [6.07, 6.45) is 1.25. The van der Waals surface area contributed by atoms with Gasteiger partial charge in [-0.3, -0.25) is 4.79 Å². The summed E-state index contributed by atoms with van der Waals surface area (Å²) in [4.78, 5) is 17.6. The molecule has 0 atom stereocenters. The first kappa shape index (κ1) is 9.21. The monoisotopic (exact) mass is 254 g/mol. The number of rotatable bonds is 1. The van der Waals surface area contributed by atoms with E-state index < -0.39 is 0 Å². The smallest absolute Gasteiger partial charge is 0.266 e. The van der Waals surface area contributed by atoms with E-state index >= 15 is 0 Å². The molecule has 0 radical (unpaired) electrons. The standard InChI is InChI=1S/C9H7BrN2O2/c1-14-8-3-6-7(2-5(8)10)12-9(13)4-11-6/h2-4H,1H3,(H,12,13). The molecule has 5 heteroatoms. The molecule has 2 aromatic rings. The number of ether oxygens (including phenoxy) is 1. The molecule has 2 rings (SSSR count). The molecule has 1 N–H and O–H groups in total. The van der Waals surface area contributed by atoms with Crippen LogP contribution in [0.15, 0.2) is 27.6 Å². The van der Waals surface area contributed by atoms with Crippen molar-refractivity contribution in [1.29, 1.82) is 0 Å². The van der Waals surface area contributed by atoms with Gasteiger partial charge in [0.25, 0.3) is 5.56 Å². The molecule has 0 aliphatic rings. The van der Waals surface area contributed by atoms with Gasteiger partial charge in [0, 0.05) is 6.07 Å². The average Bonchev–Trinajstić information content (AvgIpc) is 2.16. The molecule has 72 valence electrons. The zero-order chi connectivity index (χ0) is 10.1. The minimum absolute atomic E-state index is 0.213. The number of halogens is 1. The molecule has 0 aliphatic heterocycles. The Morgan fingerprint density at radius 2 is 2.29 bits per heavy atom. The van der Waals surface area contributed by atoms with Crippen LogP contribution >= 0.6 is 15.9 Å². The van der Waals surface area contributed by atoms with Crippen molar-refractivity contribution in [3.8, 4) is 5.75 Å². The molecule has 0 fully saturated rings. The fourth-order valence-electron chi connectivity index (χ4n) is 1.20. The van der Waals surface area contributed by atoms with Crippen molar-refractivity contribution in [3.05, 3.63) is 33.2 Å². The number of nitrogens with one attached hydrogen (secondary N) is 1. The second kappa shape index (κ2) is 3.42. The topological polar surface area (TPSA) is 55.0 Å². The van der Waals surface area contributed by atoms with Crippen molar-refractivity contribution < 1.29 is 4.74 Å². The highest BCUT2D eigenvalue weighted by molar-refractivity contribution is 9.10. The molecular formula is C9H7BrN2O2. The molecule has 0 saturated heterocycles. The van der Waals surface area contributed by atoms with Crippen molar-refractivity contribution >= 4 is 27.0 Å². The van der Waals surface area contributed by atoms with Gasteiger partial charge in [0.2, 0.25) is 0 Å². The number of hydrogen-bond acceptors (Lipinski definition) is 3. The van der Waals surface area contributed by atoms with Crippen LogP contribution in [0.3, 0.4) is 0 Å². The number of aromatic nitrogens is 2. The molecule has 1 aromatic carbocycles. The Kier molecular flexibility index (Phi) is 2.25. The number of aromatic amines is 1.